The summed E-state index contributed by atoms with van der Waals surface area (Å²) in [4.78, 5) is 89.9. The molecule has 22 heteroatoms. The molecule has 8 atom stereocenters. The van der Waals surface area contributed by atoms with Gasteiger partial charge in [-0.25, -0.2) is 29.1 Å². The Hall–Kier alpha value is -8.04. The maximum absolute atomic E-state index is 13.6. The summed E-state index contributed by atoms with van der Waals surface area (Å²) in [5.74, 6) is -0.358. The van der Waals surface area contributed by atoms with Crippen LogP contribution in [0, 0.1) is 25.7 Å². The van der Waals surface area contributed by atoms with Gasteiger partial charge in [0.25, 0.3) is 0 Å². The van der Waals surface area contributed by atoms with Crippen LogP contribution in [0.1, 0.15) is 92.2 Å². The third-order valence-electron chi connectivity index (χ3n) is 14.5. The number of esters is 1. The van der Waals surface area contributed by atoms with Crippen LogP contribution in [0.5, 0.6) is 34.8 Å². The number of nitrogens with one attached hydrogen (secondary N) is 2. The first-order valence-corrected chi connectivity index (χ1v) is 27.0. The molecule has 2 saturated heterocycles. The van der Waals surface area contributed by atoms with Crippen LogP contribution >= 0.6 is 0 Å². The van der Waals surface area contributed by atoms with E-state index in [0.717, 1.165) is 21.9 Å². The zero-order valence-electron chi connectivity index (χ0n) is 48.5. The molecule has 81 heavy (non-hydrogen) atoms. The molecule has 438 valence electrons. The second-order valence-electron chi connectivity index (χ2n) is 22.4. The zero-order chi connectivity index (χ0) is 59.5. The number of hydrogen-bond donors (Lipinski definition) is 3. The number of nitrogens with zero attached hydrogens (tertiary/aromatic N) is 4. The van der Waals surface area contributed by atoms with Crippen molar-refractivity contribution in [3.05, 3.63) is 72.8 Å². The molecule has 3 N–H and O–H groups in total. The maximum Gasteiger partial charge on any atom is 0.411 e. The Labute approximate surface area is 471 Å². The van der Waals surface area contributed by atoms with Crippen LogP contribution in [-0.2, 0) is 33.4 Å². The average molecular weight is 1130 g/mol. The molecule has 4 heterocycles. The minimum absolute atomic E-state index is 0.0564. The third-order valence-corrected chi connectivity index (χ3v) is 14.5. The number of carboxylic acid groups (broad SMARTS) is 1. The topological polar surface area (TPSA) is 262 Å². The second kappa shape index (κ2) is 24.0. The van der Waals surface area contributed by atoms with Crippen molar-refractivity contribution in [3.63, 3.8) is 0 Å². The number of methoxy groups -OCH3 is 3. The SMILES string of the molecule is C=C[C@@H]1C[C@]1(NC(=O)[C@@H]1C[C@@H](Oc2cc(OCC)nc3c(C)c(OC)ccc23)CN1C(=O)OC(C)(C)C)C(=O)O.C=C[C@@H]1C[C@]1(NC(=O)[C@@H]1C[C@@H](Oc2cc(OCC)nc3c(C)c(OC)ccc23)CN1C(=O)OC(C)(C)C)C(=O)OC. The number of carboxylic acids is 1. The third kappa shape index (κ3) is 13.1. The van der Waals surface area contributed by atoms with Crippen molar-refractivity contribution in [2.24, 2.45) is 11.8 Å². The molecule has 2 saturated carbocycles. The minimum atomic E-state index is -1.43. The molecule has 2 aromatic carbocycles. The van der Waals surface area contributed by atoms with Gasteiger partial charge in [0.15, 0.2) is 0 Å². The lowest BCUT2D eigenvalue weighted by molar-refractivity contribution is -0.147. The highest BCUT2D eigenvalue weighted by atomic mass is 16.6. The number of aryl methyl sites for hydroxylation is 2. The lowest BCUT2D eigenvalue weighted by Gasteiger charge is -2.28. The van der Waals surface area contributed by atoms with Crippen LogP contribution in [0.25, 0.3) is 21.8 Å². The van der Waals surface area contributed by atoms with E-state index in [0.29, 0.717) is 65.4 Å². The van der Waals surface area contributed by atoms with Gasteiger partial charge in [0.05, 0.1) is 58.7 Å². The predicted molar refractivity (Wildman–Crippen MR) is 298 cm³/mol. The van der Waals surface area contributed by atoms with Crippen LogP contribution < -0.4 is 39.1 Å². The van der Waals surface area contributed by atoms with E-state index in [2.05, 4.69) is 33.8 Å². The molecule has 4 aliphatic rings. The first kappa shape index (κ1) is 60.6. The highest BCUT2D eigenvalue weighted by Gasteiger charge is 2.63. The van der Waals surface area contributed by atoms with Crippen LogP contribution in [-0.4, -0.2) is 155 Å². The van der Waals surface area contributed by atoms with Crippen molar-refractivity contribution in [2.75, 3.05) is 47.6 Å². The lowest BCUT2D eigenvalue weighted by atomic mass is 10.1. The summed E-state index contributed by atoms with van der Waals surface area (Å²) in [6.07, 6.45) is 1.55. The van der Waals surface area contributed by atoms with E-state index < -0.39 is 88.4 Å². The molecule has 4 fully saturated rings. The van der Waals surface area contributed by atoms with Crippen LogP contribution in [0.4, 0.5) is 9.59 Å². The molecule has 0 bridgehead atoms. The van der Waals surface area contributed by atoms with Crippen LogP contribution in [0.15, 0.2) is 61.7 Å². The number of fused-ring (bicyclic) bond motifs is 2. The van der Waals surface area contributed by atoms with Gasteiger partial charge >= 0.3 is 24.1 Å². The highest BCUT2D eigenvalue weighted by Crippen LogP contribution is 2.47. The van der Waals surface area contributed by atoms with Crippen molar-refractivity contribution in [1.29, 1.82) is 0 Å². The normalized spacial score (nSPS) is 23.7. The first-order valence-electron chi connectivity index (χ1n) is 27.0. The van der Waals surface area contributed by atoms with E-state index in [1.807, 2.05) is 52.0 Å². The van der Waals surface area contributed by atoms with E-state index >= 15 is 0 Å². The molecule has 4 aromatic rings. The Morgan fingerprint density at radius 2 is 1.05 bits per heavy atom. The largest absolute Gasteiger partial charge is 0.496 e. The van der Waals surface area contributed by atoms with Crippen molar-refractivity contribution in [3.8, 4) is 34.8 Å². The van der Waals surface area contributed by atoms with E-state index in [1.165, 1.54) is 23.0 Å². The van der Waals surface area contributed by atoms with Gasteiger partial charge < -0.3 is 58.4 Å². The fraction of sp³-hybridized carbons (Fsp3) is 0.525. The number of ether oxygens (including phenoxy) is 9. The fourth-order valence-corrected chi connectivity index (χ4v) is 10.3. The van der Waals surface area contributed by atoms with Gasteiger partial charge in [-0.2, -0.15) is 0 Å². The summed E-state index contributed by atoms with van der Waals surface area (Å²) < 4.78 is 51.3. The molecule has 0 unspecified atom stereocenters. The van der Waals surface area contributed by atoms with Gasteiger partial charge in [-0.3, -0.25) is 19.4 Å². The molecular weight excluding hydrogens is 1050 g/mol. The van der Waals surface area contributed by atoms with Gasteiger partial charge in [-0.05, 0) is 106 Å². The predicted octanol–water partition coefficient (Wildman–Crippen LogP) is 7.79. The van der Waals surface area contributed by atoms with Crippen molar-refractivity contribution in [2.45, 2.75) is 141 Å². The number of pyridine rings is 2. The van der Waals surface area contributed by atoms with E-state index in [9.17, 15) is 33.9 Å². The minimum Gasteiger partial charge on any atom is -0.496 e. The fourth-order valence-electron chi connectivity index (χ4n) is 10.3. The Kier molecular flexibility index (Phi) is 17.9. The van der Waals surface area contributed by atoms with Gasteiger partial charge in [0.1, 0.15) is 69.6 Å². The summed E-state index contributed by atoms with van der Waals surface area (Å²) in [6, 6.07) is 8.79. The molecule has 2 aliphatic carbocycles. The maximum atomic E-state index is 13.6. The number of carbonyl (C=O) groups excluding carboxylic acids is 5. The molecule has 22 nitrogen and oxygen atoms in total. The molecule has 2 aliphatic heterocycles. The number of hydrogen-bond acceptors (Lipinski definition) is 17. The second-order valence-corrected chi connectivity index (χ2v) is 22.4. The van der Waals surface area contributed by atoms with E-state index in [1.54, 1.807) is 74.0 Å². The number of amides is 4. The average Bonchev–Trinajstić information content (AvgIpc) is 4.40. The van der Waals surface area contributed by atoms with Gasteiger partial charge in [-0.15, -0.1) is 13.2 Å². The molecule has 0 spiro atoms. The number of aromatic nitrogens is 2. The van der Waals surface area contributed by atoms with Crippen molar-refractivity contribution < 1.29 is 76.5 Å². The molecule has 8 rings (SSSR count). The number of rotatable bonds is 18. The van der Waals surface area contributed by atoms with Crippen LogP contribution in [0.2, 0.25) is 0 Å². The number of carbonyl (C=O) groups is 6. The Morgan fingerprint density at radius 1 is 0.654 bits per heavy atom. The van der Waals surface area contributed by atoms with Crippen LogP contribution in [0.3, 0.4) is 0 Å². The molecule has 0 radical (unpaired) electrons. The first-order chi connectivity index (χ1) is 38.2. The number of aliphatic carboxylic acids is 1. The summed E-state index contributed by atoms with van der Waals surface area (Å²) in [7, 11) is 4.45. The van der Waals surface area contributed by atoms with Crippen molar-refractivity contribution in [1.82, 2.24) is 30.4 Å². The van der Waals surface area contributed by atoms with Crippen molar-refractivity contribution >= 4 is 57.7 Å². The standard InChI is InChI=1S/C30H39N3O8.C29H37N3O8/c1-9-18-15-30(18,27(35)38-8)32-26(34)21-13-19(16-33(21)28(36)41-29(4,5)6)40-23-14-24(39-10-2)31-25-17(3)22(37-7)12-11-20(23)25;1-8-17-14-29(17,26(34)35)31-25(33)20-12-18(15-32(20)27(36)40-28(4,5)6)39-22-13-23(38-9-2)30-24-16(3)21(37-7)11-10-19(22)24/h9,11-12,14,18-19,21H,1,10,13,15-16H2,2-8H3,(H,32,34);8,10-11,13,17-18,20H,1,9,12,14-15H2,2-7H3,(H,31,33)(H,34,35)/t18-,19-,21+,30-;17-,18-,20+,29-/m11/s1. The van der Waals surface area contributed by atoms with Gasteiger partial charge in [0, 0.05) is 58.7 Å². The van der Waals surface area contributed by atoms with E-state index in [4.69, 9.17) is 42.6 Å². The summed E-state index contributed by atoms with van der Waals surface area (Å²) >= 11 is 0. The summed E-state index contributed by atoms with van der Waals surface area (Å²) in [5.41, 5.74) is -1.27. The highest BCUT2D eigenvalue weighted by molar-refractivity contribution is 5.96. The van der Waals surface area contributed by atoms with Gasteiger partial charge in [0.2, 0.25) is 23.6 Å². The molecule has 2 aromatic heterocycles. The quantitative estimate of drug-likeness (QED) is 0.0487. The monoisotopic (exact) mass is 1120 g/mol. The number of benzene rings is 2. The van der Waals surface area contributed by atoms with Gasteiger partial charge in [-0.1, -0.05) is 12.2 Å². The lowest BCUT2D eigenvalue weighted by Crippen LogP contribution is -2.53. The zero-order valence-corrected chi connectivity index (χ0v) is 48.5. The Morgan fingerprint density at radius 3 is 1.38 bits per heavy atom. The molecular formula is C59H76N6O16. The van der Waals surface area contributed by atoms with E-state index in [-0.39, 0.29) is 38.3 Å². The molecule has 4 amide bonds. The smallest absolute Gasteiger partial charge is 0.411 e. The number of likely N-dealkylation sites (tertiary alicyclic amines) is 2. The summed E-state index contributed by atoms with van der Waals surface area (Å²) in [6.45, 7) is 26.3. The summed E-state index contributed by atoms with van der Waals surface area (Å²) in [5, 5.41) is 16.7. The Balaban J connectivity index is 0.000000234. The Bertz CT molecular complexity index is 3100.